The molecule has 1 aromatic rings. The van der Waals surface area contributed by atoms with E-state index in [9.17, 15) is 12.8 Å². The lowest BCUT2D eigenvalue weighted by Crippen LogP contribution is -2.29. The molecule has 17 heavy (non-hydrogen) atoms. The van der Waals surface area contributed by atoms with Crippen molar-refractivity contribution < 1.29 is 12.8 Å². The molecule has 0 heterocycles. The zero-order chi connectivity index (χ0) is 12.9. The van der Waals surface area contributed by atoms with E-state index in [1.807, 2.05) is 0 Å². The van der Waals surface area contributed by atoms with Crippen molar-refractivity contribution in [3.63, 3.8) is 0 Å². The van der Waals surface area contributed by atoms with Gasteiger partial charge in [-0.25, -0.2) is 17.5 Å². The highest BCUT2D eigenvalue weighted by Crippen LogP contribution is 2.14. The number of hydrogen-bond acceptors (Lipinski definition) is 4. The van der Waals surface area contributed by atoms with Crippen LogP contribution >= 0.6 is 0 Å². The van der Waals surface area contributed by atoms with Crippen molar-refractivity contribution in [2.75, 3.05) is 29.9 Å². The molecule has 96 valence electrons. The Hall–Kier alpha value is -1.34. The number of nitrogens with two attached hydrogens (primary N) is 1. The van der Waals surface area contributed by atoms with E-state index < -0.39 is 15.8 Å². The lowest BCUT2D eigenvalue weighted by molar-refractivity contribution is 0.584. The molecule has 0 aliphatic heterocycles. The van der Waals surface area contributed by atoms with Crippen LogP contribution in [0.2, 0.25) is 0 Å². The van der Waals surface area contributed by atoms with Crippen LogP contribution in [0.3, 0.4) is 0 Å². The summed E-state index contributed by atoms with van der Waals surface area (Å²) < 4.78 is 37.9. The molecule has 0 aliphatic carbocycles. The van der Waals surface area contributed by atoms with Crippen molar-refractivity contribution in [2.24, 2.45) is 0 Å². The lowest BCUT2D eigenvalue weighted by Gasteiger charge is -2.08. The third-order valence-corrected chi connectivity index (χ3v) is 3.45. The summed E-state index contributed by atoms with van der Waals surface area (Å²) in [5, 5.41) is 2.80. The van der Waals surface area contributed by atoms with Crippen LogP contribution in [-0.2, 0) is 10.0 Å². The second-order valence-electron chi connectivity index (χ2n) is 3.52. The summed E-state index contributed by atoms with van der Waals surface area (Å²) in [6, 6.07) is 4.00. The second-order valence-corrected chi connectivity index (χ2v) is 5.44. The van der Waals surface area contributed by atoms with Gasteiger partial charge >= 0.3 is 0 Å². The molecule has 0 amide bonds. The third kappa shape index (κ3) is 5.01. The summed E-state index contributed by atoms with van der Waals surface area (Å²) in [5.41, 5.74) is 6.21. The number of anilines is 2. The molecule has 7 heteroatoms. The first kappa shape index (κ1) is 13.7. The number of nitrogens with one attached hydrogen (secondary N) is 2. The number of hydrogen-bond donors (Lipinski definition) is 3. The Kier molecular flexibility index (Phi) is 4.71. The van der Waals surface area contributed by atoms with E-state index in [1.165, 1.54) is 12.1 Å². The van der Waals surface area contributed by atoms with Crippen molar-refractivity contribution in [3.8, 4) is 0 Å². The van der Waals surface area contributed by atoms with E-state index in [2.05, 4.69) is 10.0 Å². The van der Waals surface area contributed by atoms with Crippen LogP contribution in [0.5, 0.6) is 0 Å². The smallest absolute Gasteiger partial charge is 0.213 e. The minimum absolute atomic E-state index is 0.0722. The molecular formula is C10H16FN3O2S. The number of nitrogen functional groups attached to an aromatic ring is 1. The van der Waals surface area contributed by atoms with Gasteiger partial charge in [-0.05, 0) is 18.2 Å². The van der Waals surface area contributed by atoms with Crippen LogP contribution in [0.4, 0.5) is 15.8 Å². The molecule has 0 unspecified atom stereocenters. The van der Waals surface area contributed by atoms with Crippen LogP contribution in [0.15, 0.2) is 18.2 Å². The summed E-state index contributed by atoms with van der Waals surface area (Å²) in [6.07, 6.45) is 0. The van der Waals surface area contributed by atoms with Crippen molar-refractivity contribution in [2.45, 2.75) is 6.92 Å². The monoisotopic (exact) mass is 261 g/mol. The van der Waals surface area contributed by atoms with Gasteiger partial charge in [0.25, 0.3) is 0 Å². The Balaban J connectivity index is 2.51. The average Bonchev–Trinajstić information content (AvgIpc) is 2.15. The SMILES string of the molecule is CCNS(=O)(=O)CCNc1cc(N)cc(F)c1. The van der Waals surface area contributed by atoms with E-state index >= 15 is 0 Å². The minimum Gasteiger partial charge on any atom is -0.399 e. The van der Waals surface area contributed by atoms with Gasteiger partial charge in [-0.1, -0.05) is 6.92 Å². The molecule has 0 spiro atoms. The van der Waals surface area contributed by atoms with Gasteiger partial charge in [0.2, 0.25) is 10.0 Å². The van der Waals surface area contributed by atoms with Crippen molar-refractivity contribution in [3.05, 3.63) is 24.0 Å². The van der Waals surface area contributed by atoms with Gasteiger partial charge in [0, 0.05) is 24.5 Å². The van der Waals surface area contributed by atoms with Crippen LogP contribution in [-0.4, -0.2) is 27.3 Å². The van der Waals surface area contributed by atoms with Crippen LogP contribution in [0.25, 0.3) is 0 Å². The zero-order valence-corrected chi connectivity index (χ0v) is 10.3. The van der Waals surface area contributed by atoms with Gasteiger partial charge in [-0.15, -0.1) is 0 Å². The highest BCUT2D eigenvalue weighted by Gasteiger charge is 2.07. The first-order chi connectivity index (χ1) is 7.93. The van der Waals surface area contributed by atoms with E-state index in [-0.39, 0.29) is 12.3 Å². The van der Waals surface area contributed by atoms with Crippen molar-refractivity contribution in [1.29, 1.82) is 0 Å². The van der Waals surface area contributed by atoms with E-state index in [0.717, 1.165) is 0 Å². The summed E-state index contributed by atoms with van der Waals surface area (Å²) >= 11 is 0. The fourth-order valence-corrected chi connectivity index (χ4v) is 2.29. The maximum absolute atomic E-state index is 13.0. The van der Waals surface area contributed by atoms with Crippen LogP contribution in [0.1, 0.15) is 6.92 Å². The largest absolute Gasteiger partial charge is 0.399 e. The average molecular weight is 261 g/mol. The molecule has 5 nitrogen and oxygen atoms in total. The zero-order valence-electron chi connectivity index (χ0n) is 9.53. The first-order valence-corrected chi connectivity index (χ1v) is 6.85. The Labute approximate surface area is 100 Å². The lowest BCUT2D eigenvalue weighted by atomic mass is 10.2. The topological polar surface area (TPSA) is 84.2 Å². The molecule has 0 atom stereocenters. The predicted octanol–water partition coefficient (Wildman–Crippen LogP) is 0.759. The number of rotatable bonds is 6. The van der Waals surface area contributed by atoms with Crippen molar-refractivity contribution in [1.82, 2.24) is 4.72 Å². The van der Waals surface area contributed by atoms with Gasteiger partial charge in [0.1, 0.15) is 5.82 Å². The summed E-state index contributed by atoms with van der Waals surface area (Å²) in [4.78, 5) is 0. The molecule has 0 fully saturated rings. The molecule has 1 aromatic carbocycles. The summed E-state index contributed by atoms with van der Waals surface area (Å²) in [6.45, 7) is 2.26. The molecule has 0 bridgehead atoms. The quantitative estimate of drug-likeness (QED) is 0.660. The number of benzene rings is 1. The molecule has 0 aromatic heterocycles. The normalized spacial score (nSPS) is 11.4. The van der Waals surface area contributed by atoms with E-state index in [0.29, 0.717) is 17.9 Å². The number of halogens is 1. The first-order valence-electron chi connectivity index (χ1n) is 5.20. The van der Waals surface area contributed by atoms with Gasteiger partial charge in [-0.2, -0.15) is 0 Å². The van der Waals surface area contributed by atoms with E-state index in [4.69, 9.17) is 5.73 Å². The Morgan fingerprint density at radius 1 is 1.35 bits per heavy atom. The van der Waals surface area contributed by atoms with Gasteiger partial charge < -0.3 is 11.1 Å². The second kappa shape index (κ2) is 5.83. The van der Waals surface area contributed by atoms with Gasteiger partial charge in [0.05, 0.1) is 5.75 Å². The van der Waals surface area contributed by atoms with E-state index in [1.54, 1.807) is 13.0 Å². The standard InChI is InChI=1S/C10H16FN3O2S/c1-2-14-17(15,16)4-3-13-10-6-8(11)5-9(12)7-10/h5-7,13-14H,2-4,12H2,1H3. The maximum Gasteiger partial charge on any atom is 0.213 e. The maximum atomic E-state index is 13.0. The van der Waals surface area contributed by atoms with Gasteiger partial charge in [-0.3, -0.25) is 0 Å². The molecule has 0 saturated heterocycles. The highest BCUT2D eigenvalue weighted by atomic mass is 32.2. The Morgan fingerprint density at radius 2 is 2.06 bits per heavy atom. The molecule has 1 rings (SSSR count). The highest BCUT2D eigenvalue weighted by molar-refractivity contribution is 7.89. The number of sulfonamides is 1. The van der Waals surface area contributed by atoms with Crippen LogP contribution < -0.4 is 15.8 Å². The van der Waals surface area contributed by atoms with Crippen molar-refractivity contribution >= 4 is 21.4 Å². The molecular weight excluding hydrogens is 245 g/mol. The molecule has 0 saturated carbocycles. The fourth-order valence-electron chi connectivity index (χ4n) is 1.34. The Bertz CT molecular complexity index is 456. The fraction of sp³-hybridized carbons (Fsp3) is 0.400. The summed E-state index contributed by atoms with van der Waals surface area (Å²) in [5.74, 6) is -0.529. The molecule has 4 N–H and O–H groups in total. The molecule has 0 radical (unpaired) electrons. The minimum atomic E-state index is -3.26. The third-order valence-electron chi connectivity index (χ3n) is 1.98. The molecule has 0 aliphatic rings. The predicted molar refractivity (Wildman–Crippen MR) is 66.8 cm³/mol. The van der Waals surface area contributed by atoms with Crippen LogP contribution in [0, 0.1) is 5.82 Å². The Morgan fingerprint density at radius 3 is 2.65 bits per heavy atom. The van der Waals surface area contributed by atoms with Gasteiger partial charge in [0.15, 0.2) is 0 Å². The summed E-state index contributed by atoms with van der Waals surface area (Å²) in [7, 11) is -3.26.